The van der Waals surface area contributed by atoms with Gasteiger partial charge in [-0.3, -0.25) is 14.1 Å². The van der Waals surface area contributed by atoms with E-state index in [1.807, 2.05) is 19.1 Å². The lowest BCUT2D eigenvalue weighted by molar-refractivity contribution is -0.150. The van der Waals surface area contributed by atoms with Gasteiger partial charge in [-0.15, -0.1) is 0 Å². The summed E-state index contributed by atoms with van der Waals surface area (Å²) < 4.78 is 31.6. The molecule has 0 aliphatic rings. The highest BCUT2D eigenvalue weighted by molar-refractivity contribution is 7.85. The topological polar surface area (TPSA) is 121 Å². The van der Waals surface area contributed by atoms with Gasteiger partial charge in [-0.1, -0.05) is 58.9 Å². The molecular formula is C25H41NO6S. The maximum atomic E-state index is 12.9. The molecule has 0 radical (unpaired) electrons. The Morgan fingerprint density at radius 2 is 1.52 bits per heavy atom. The molecule has 188 valence electrons. The van der Waals surface area contributed by atoms with E-state index in [0.717, 1.165) is 5.56 Å². The van der Waals surface area contributed by atoms with Gasteiger partial charge in [0.2, 0.25) is 5.91 Å². The summed E-state index contributed by atoms with van der Waals surface area (Å²) >= 11 is 0. The van der Waals surface area contributed by atoms with Crippen molar-refractivity contribution in [2.75, 3.05) is 5.75 Å². The number of carboxylic acids is 1. The molecule has 0 aliphatic carbocycles. The fourth-order valence-corrected chi connectivity index (χ4v) is 5.24. The Bertz CT molecular complexity index is 931. The van der Waals surface area contributed by atoms with Gasteiger partial charge in [0.15, 0.2) is 0 Å². The fraction of sp³-hybridized carbons (Fsp3) is 0.680. The Morgan fingerprint density at radius 3 is 1.91 bits per heavy atom. The summed E-state index contributed by atoms with van der Waals surface area (Å²) in [6.07, 6.45) is 0.887. The largest absolute Gasteiger partial charge is 0.481 e. The van der Waals surface area contributed by atoms with Gasteiger partial charge in [0.05, 0.1) is 16.7 Å². The van der Waals surface area contributed by atoms with Gasteiger partial charge in [0, 0.05) is 5.92 Å². The zero-order valence-corrected chi connectivity index (χ0v) is 22.0. The molecule has 3 atom stereocenters. The lowest BCUT2D eigenvalue weighted by atomic mass is 9.72. The highest BCUT2D eigenvalue weighted by atomic mass is 32.2. The number of carbonyl (C=O) groups is 2. The van der Waals surface area contributed by atoms with Crippen LogP contribution >= 0.6 is 0 Å². The molecule has 0 saturated carbocycles. The molecule has 0 bridgehead atoms. The maximum Gasteiger partial charge on any atom is 0.309 e. The van der Waals surface area contributed by atoms with Crippen molar-refractivity contribution in [3.63, 3.8) is 0 Å². The van der Waals surface area contributed by atoms with E-state index in [0.29, 0.717) is 12.8 Å². The zero-order valence-electron chi connectivity index (χ0n) is 21.2. The lowest BCUT2D eigenvalue weighted by Crippen LogP contribution is -2.51. The summed E-state index contributed by atoms with van der Waals surface area (Å²) in [5, 5.41) is 12.7. The minimum absolute atomic E-state index is 0.0300. The highest BCUT2D eigenvalue weighted by Gasteiger charge is 2.40. The Kier molecular flexibility index (Phi) is 9.31. The van der Waals surface area contributed by atoms with Gasteiger partial charge in [0.25, 0.3) is 10.1 Å². The first-order valence-electron chi connectivity index (χ1n) is 11.4. The second-order valence-electron chi connectivity index (χ2n) is 11.3. The molecule has 7 nitrogen and oxygen atoms in total. The molecule has 1 aromatic carbocycles. The van der Waals surface area contributed by atoms with Gasteiger partial charge in [-0.25, -0.2) is 0 Å². The van der Waals surface area contributed by atoms with Gasteiger partial charge in [-0.05, 0) is 62.5 Å². The predicted molar refractivity (Wildman–Crippen MR) is 131 cm³/mol. The first kappa shape index (κ1) is 29.1. The third-order valence-corrected chi connectivity index (χ3v) is 7.27. The summed E-state index contributed by atoms with van der Waals surface area (Å²) in [7, 11) is -4.28. The molecule has 1 rings (SSSR count). The van der Waals surface area contributed by atoms with E-state index in [1.165, 1.54) is 19.4 Å². The quantitative estimate of drug-likeness (QED) is 0.390. The van der Waals surface area contributed by atoms with Crippen molar-refractivity contribution in [2.24, 2.45) is 11.3 Å². The summed E-state index contributed by atoms with van der Waals surface area (Å²) in [4.78, 5) is 25.2. The van der Waals surface area contributed by atoms with Crippen LogP contribution < -0.4 is 5.32 Å². The van der Waals surface area contributed by atoms with Crippen LogP contribution in [0.1, 0.15) is 91.7 Å². The van der Waals surface area contributed by atoms with Crippen LogP contribution in [0.25, 0.3) is 0 Å². The number of amides is 1. The predicted octanol–water partition coefficient (Wildman–Crippen LogP) is 4.77. The number of nitrogens with one attached hydrogen (secondary N) is 1. The summed E-state index contributed by atoms with van der Waals surface area (Å²) in [6, 6.07) is 8.22. The van der Waals surface area contributed by atoms with Gasteiger partial charge in [-0.2, -0.15) is 8.42 Å². The van der Waals surface area contributed by atoms with Crippen LogP contribution in [0.2, 0.25) is 0 Å². The van der Waals surface area contributed by atoms with Crippen molar-refractivity contribution in [1.29, 1.82) is 0 Å². The smallest absolute Gasteiger partial charge is 0.309 e. The monoisotopic (exact) mass is 483 g/mol. The van der Waals surface area contributed by atoms with Crippen LogP contribution in [0.4, 0.5) is 0 Å². The van der Waals surface area contributed by atoms with Crippen molar-refractivity contribution < 1.29 is 27.7 Å². The Hall–Kier alpha value is -1.93. The number of benzene rings is 1. The number of carbonyl (C=O) groups excluding carboxylic acids is 1. The minimum atomic E-state index is -4.28. The van der Waals surface area contributed by atoms with Crippen molar-refractivity contribution in [2.45, 2.75) is 91.5 Å². The Labute approximate surface area is 199 Å². The first-order chi connectivity index (χ1) is 14.8. The maximum absolute atomic E-state index is 12.9. The molecule has 1 amide bonds. The lowest BCUT2D eigenvalue weighted by Gasteiger charge is -2.33. The van der Waals surface area contributed by atoms with Crippen LogP contribution in [-0.4, -0.2) is 41.2 Å². The van der Waals surface area contributed by atoms with Crippen LogP contribution in [0.15, 0.2) is 24.3 Å². The van der Waals surface area contributed by atoms with E-state index >= 15 is 0 Å². The van der Waals surface area contributed by atoms with Crippen LogP contribution in [0, 0.1) is 11.3 Å². The SMILES string of the molecule is CCC(CC(C)(CC(C)c1ccc(C(C)(C)C)cc1)C(=O)O)C(=O)NC(C)(C)CS(=O)(=O)O. The molecule has 0 aliphatic heterocycles. The van der Waals surface area contributed by atoms with Crippen LogP contribution in [0.5, 0.6) is 0 Å². The van der Waals surface area contributed by atoms with Crippen LogP contribution in [0.3, 0.4) is 0 Å². The molecule has 1 aromatic rings. The zero-order chi connectivity index (χ0) is 25.8. The van der Waals surface area contributed by atoms with Gasteiger partial charge in [0.1, 0.15) is 0 Å². The molecule has 33 heavy (non-hydrogen) atoms. The van der Waals surface area contributed by atoms with E-state index in [-0.39, 0.29) is 17.8 Å². The first-order valence-corrected chi connectivity index (χ1v) is 13.0. The molecular weight excluding hydrogens is 442 g/mol. The Balaban J connectivity index is 3.02. The second-order valence-corrected chi connectivity index (χ2v) is 12.7. The molecule has 0 saturated heterocycles. The number of carboxylic acid groups (broad SMARTS) is 1. The van der Waals surface area contributed by atoms with E-state index < -0.39 is 44.6 Å². The number of hydrogen-bond acceptors (Lipinski definition) is 4. The highest BCUT2D eigenvalue weighted by Crippen LogP contribution is 2.39. The van der Waals surface area contributed by atoms with E-state index in [9.17, 15) is 23.1 Å². The van der Waals surface area contributed by atoms with E-state index in [1.54, 1.807) is 13.8 Å². The van der Waals surface area contributed by atoms with Crippen LogP contribution in [-0.2, 0) is 25.1 Å². The van der Waals surface area contributed by atoms with Gasteiger partial charge >= 0.3 is 5.97 Å². The molecule has 0 aromatic heterocycles. The van der Waals surface area contributed by atoms with Crippen molar-refractivity contribution >= 4 is 22.0 Å². The summed E-state index contributed by atoms with van der Waals surface area (Å²) in [5.41, 5.74) is -0.0491. The van der Waals surface area contributed by atoms with Crippen molar-refractivity contribution in [1.82, 2.24) is 5.32 Å². The molecule has 0 spiro atoms. The summed E-state index contributed by atoms with van der Waals surface area (Å²) in [6.45, 7) is 14.9. The number of aliphatic carboxylic acids is 1. The molecule has 3 unspecified atom stereocenters. The van der Waals surface area contributed by atoms with Crippen molar-refractivity contribution in [3.8, 4) is 0 Å². The average molecular weight is 484 g/mol. The van der Waals surface area contributed by atoms with E-state index in [4.69, 9.17) is 4.55 Å². The molecule has 0 heterocycles. The normalized spacial score (nSPS) is 16.5. The summed E-state index contributed by atoms with van der Waals surface area (Å²) in [5.74, 6) is -2.65. The molecule has 8 heteroatoms. The molecule has 0 fully saturated rings. The minimum Gasteiger partial charge on any atom is -0.481 e. The Morgan fingerprint density at radius 1 is 1.00 bits per heavy atom. The number of hydrogen-bond donors (Lipinski definition) is 3. The third-order valence-electron chi connectivity index (χ3n) is 6.18. The average Bonchev–Trinajstić information content (AvgIpc) is 2.62. The number of rotatable bonds is 11. The second kappa shape index (κ2) is 10.6. The fourth-order valence-electron chi connectivity index (χ4n) is 4.26. The molecule has 3 N–H and O–H groups in total. The van der Waals surface area contributed by atoms with Gasteiger partial charge < -0.3 is 10.4 Å². The van der Waals surface area contributed by atoms with E-state index in [2.05, 4.69) is 38.2 Å². The third kappa shape index (κ3) is 9.08. The standard InChI is InChI=1S/C25H41NO6S/c1-9-18(21(27)26-24(6,7)16-33(30,31)32)15-25(8,22(28)29)14-17(2)19-10-12-20(13-11-19)23(3,4)5/h10-13,17-18H,9,14-16H2,1-8H3,(H,26,27)(H,28,29)(H,30,31,32). The van der Waals surface area contributed by atoms with Crippen molar-refractivity contribution in [3.05, 3.63) is 35.4 Å².